The lowest BCUT2D eigenvalue weighted by molar-refractivity contribution is -0.143. The third kappa shape index (κ3) is 6.49. The van der Waals surface area contributed by atoms with Crippen LogP contribution >= 0.6 is 0 Å². The smallest absolute Gasteiger partial charge is 0.409 e. The van der Waals surface area contributed by atoms with Gasteiger partial charge >= 0.3 is 18.4 Å². The second-order valence-electron chi connectivity index (χ2n) is 7.00. The van der Waals surface area contributed by atoms with Gasteiger partial charge in [-0.1, -0.05) is 6.92 Å². The van der Waals surface area contributed by atoms with Gasteiger partial charge in [0.2, 0.25) is 0 Å². The van der Waals surface area contributed by atoms with Crippen LogP contribution in [0.2, 0.25) is 0 Å². The Kier molecular flexibility index (Phi) is 8.30. The molecule has 184 valence electrons. The molecule has 2 aromatic rings. The van der Waals surface area contributed by atoms with Crippen molar-refractivity contribution in [1.82, 2.24) is 5.32 Å². The van der Waals surface area contributed by atoms with Gasteiger partial charge in [-0.15, -0.1) is 0 Å². The molecule has 2 aromatic carbocycles. The number of nitrogens with one attached hydrogen (secondary N) is 2. The average molecular weight is 491 g/mol. The van der Waals surface area contributed by atoms with E-state index in [0.29, 0.717) is 25.2 Å². The van der Waals surface area contributed by atoms with Gasteiger partial charge in [0.1, 0.15) is 5.82 Å². The van der Waals surface area contributed by atoms with Crippen LogP contribution in [0.5, 0.6) is 5.75 Å². The summed E-state index contributed by atoms with van der Waals surface area (Å²) >= 11 is 0. The molecule has 2 N–H and O–H groups in total. The number of hydrogen-bond donors (Lipinski definition) is 2. The first-order chi connectivity index (χ1) is 15.8. The minimum Gasteiger partial charge on any atom is -0.409 e. The number of anilines is 1. The van der Waals surface area contributed by atoms with Crippen molar-refractivity contribution in [1.29, 1.82) is 5.41 Å². The number of hydrogen-bond acceptors (Lipinski definition) is 4. The lowest BCUT2D eigenvalue weighted by Gasteiger charge is -2.22. The van der Waals surface area contributed by atoms with Crippen LogP contribution in [0.1, 0.15) is 30.0 Å². The first kappa shape index (κ1) is 26.7. The van der Waals surface area contributed by atoms with Crippen molar-refractivity contribution in [3.8, 4) is 5.75 Å². The molecule has 0 aliphatic rings. The van der Waals surface area contributed by atoms with Crippen LogP contribution in [0.25, 0.3) is 5.57 Å². The van der Waals surface area contributed by atoms with Crippen LogP contribution < -0.4 is 15.0 Å². The number of ether oxygens (including phenoxy) is 1. The fourth-order valence-electron chi connectivity index (χ4n) is 2.78. The fraction of sp³-hybridized carbons (Fsp3) is 0.273. The molecule has 34 heavy (non-hydrogen) atoms. The Balaban J connectivity index is 2.69. The van der Waals surface area contributed by atoms with Crippen molar-refractivity contribution in [3.63, 3.8) is 0 Å². The quantitative estimate of drug-likeness (QED) is 0.264. The zero-order valence-electron chi connectivity index (χ0n) is 17.9. The Morgan fingerprint density at radius 1 is 1.09 bits per heavy atom. The van der Waals surface area contributed by atoms with Crippen molar-refractivity contribution in [2.75, 3.05) is 18.5 Å². The number of halogens is 7. The molecule has 0 spiro atoms. The molecule has 0 unspecified atom stereocenters. The summed E-state index contributed by atoms with van der Waals surface area (Å²) in [6.45, 7) is 2.10. The average Bonchev–Trinajstić information content (AvgIpc) is 2.75. The number of nitrogens with zero attached hydrogens (tertiary/aromatic N) is 1. The van der Waals surface area contributed by atoms with Gasteiger partial charge in [0.15, 0.2) is 5.75 Å². The minimum absolute atomic E-state index is 0.0563. The second kappa shape index (κ2) is 10.6. The number of carbonyl (C=O) groups excluding carboxylic acids is 1. The standard InChI is InChI=1S/C22H20F7N3O2/c1-3-8-31-12-13(11-30)17-9-14(21(24,25)26)10-18(22(27,28)29)19(17)34-20(33)32(2)16-6-4-15(23)5-7-16/h4-7,9-12,30-31H,3,8H2,1-2H3/b13-12+,30-11?. The lowest BCUT2D eigenvalue weighted by atomic mass is 9.98. The van der Waals surface area contributed by atoms with Crippen LogP contribution in [0.4, 0.5) is 41.2 Å². The Labute approximate surface area is 190 Å². The number of amides is 1. The van der Waals surface area contributed by atoms with Crippen molar-refractivity contribution in [2.45, 2.75) is 25.7 Å². The monoisotopic (exact) mass is 491 g/mol. The highest BCUT2D eigenvalue weighted by Crippen LogP contribution is 2.44. The van der Waals surface area contributed by atoms with Gasteiger partial charge in [0, 0.05) is 42.8 Å². The van der Waals surface area contributed by atoms with E-state index < -0.39 is 46.7 Å². The summed E-state index contributed by atoms with van der Waals surface area (Å²) in [5, 5.41) is 10.2. The molecule has 0 aromatic heterocycles. The number of alkyl halides is 6. The molecular formula is C22H20F7N3O2. The number of carbonyl (C=O) groups is 1. The van der Waals surface area contributed by atoms with Crippen molar-refractivity contribution >= 4 is 23.6 Å². The van der Waals surface area contributed by atoms with E-state index in [-0.39, 0.29) is 17.3 Å². The fourth-order valence-corrected chi connectivity index (χ4v) is 2.78. The number of benzene rings is 2. The predicted molar refractivity (Wildman–Crippen MR) is 112 cm³/mol. The summed E-state index contributed by atoms with van der Waals surface area (Å²) in [5.41, 5.74) is -4.56. The third-order valence-electron chi connectivity index (χ3n) is 4.52. The van der Waals surface area contributed by atoms with Gasteiger partial charge in [-0.05, 0) is 42.8 Å². The topological polar surface area (TPSA) is 65.4 Å². The molecule has 1 amide bonds. The first-order valence-corrected chi connectivity index (χ1v) is 9.77. The number of allylic oxidation sites excluding steroid dienone is 1. The van der Waals surface area contributed by atoms with E-state index in [1.807, 2.05) is 0 Å². The maximum atomic E-state index is 13.8. The van der Waals surface area contributed by atoms with E-state index in [1.165, 1.54) is 0 Å². The molecular weight excluding hydrogens is 471 g/mol. The molecule has 0 atom stereocenters. The Morgan fingerprint density at radius 2 is 1.71 bits per heavy atom. The maximum Gasteiger partial charge on any atom is 0.420 e. The molecule has 5 nitrogen and oxygen atoms in total. The van der Waals surface area contributed by atoms with Crippen LogP contribution in [0.3, 0.4) is 0 Å². The highest BCUT2D eigenvalue weighted by atomic mass is 19.4. The normalized spacial score (nSPS) is 12.3. The molecule has 0 aliphatic heterocycles. The first-order valence-electron chi connectivity index (χ1n) is 9.77. The zero-order valence-corrected chi connectivity index (χ0v) is 17.9. The lowest BCUT2D eigenvalue weighted by Crippen LogP contribution is -2.30. The molecule has 2 rings (SSSR count). The van der Waals surface area contributed by atoms with E-state index in [2.05, 4.69) is 5.32 Å². The molecule has 0 aliphatic carbocycles. The third-order valence-corrected chi connectivity index (χ3v) is 4.52. The maximum absolute atomic E-state index is 13.8. The zero-order chi connectivity index (χ0) is 25.7. The second-order valence-corrected chi connectivity index (χ2v) is 7.00. The van der Waals surface area contributed by atoms with Gasteiger partial charge in [-0.25, -0.2) is 9.18 Å². The number of rotatable bonds is 7. The summed E-state index contributed by atoms with van der Waals surface area (Å²) in [7, 11) is 1.13. The summed E-state index contributed by atoms with van der Waals surface area (Å²) < 4.78 is 99.6. The van der Waals surface area contributed by atoms with Crippen LogP contribution in [0.15, 0.2) is 42.6 Å². The van der Waals surface area contributed by atoms with E-state index in [9.17, 15) is 35.5 Å². The van der Waals surface area contributed by atoms with Crippen molar-refractivity contribution in [3.05, 3.63) is 65.1 Å². The van der Waals surface area contributed by atoms with Crippen molar-refractivity contribution in [2.24, 2.45) is 0 Å². The minimum atomic E-state index is -5.33. The molecule has 0 saturated heterocycles. The van der Waals surface area contributed by atoms with E-state index in [1.54, 1.807) is 6.92 Å². The highest BCUT2D eigenvalue weighted by molar-refractivity contribution is 6.10. The van der Waals surface area contributed by atoms with E-state index in [0.717, 1.165) is 42.4 Å². The van der Waals surface area contributed by atoms with Crippen LogP contribution in [0, 0.1) is 11.2 Å². The van der Waals surface area contributed by atoms with Gasteiger partial charge < -0.3 is 15.5 Å². The SMILES string of the molecule is CCCN/C=C(\C=N)c1cc(C(F)(F)F)cc(C(F)(F)F)c1OC(=O)N(C)c1ccc(F)cc1. The highest BCUT2D eigenvalue weighted by Gasteiger charge is 2.41. The summed E-state index contributed by atoms with van der Waals surface area (Å²) in [6.07, 6.45) is -9.66. The Morgan fingerprint density at radius 3 is 2.21 bits per heavy atom. The Hall–Kier alpha value is -3.57. The van der Waals surface area contributed by atoms with E-state index in [4.69, 9.17) is 10.1 Å². The van der Waals surface area contributed by atoms with Gasteiger partial charge in [0.25, 0.3) is 0 Å². The Bertz CT molecular complexity index is 1060. The molecule has 0 fully saturated rings. The summed E-state index contributed by atoms with van der Waals surface area (Å²) in [6, 6.07) is 4.53. The predicted octanol–water partition coefficient (Wildman–Crippen LogP) is 6.49. The van der Waals surface area contributed by atoms with Gasteiger partial charge in [-0.3, -0.25) is 4.90 Å². The molecule has 0 heterocycles. The molecule has 0 saturated carbocycles. The largest absolute Gasteiger partial charge is 0.420 e. The molecule has 0 bridgehead atoms. The van der Waals surface area contributed by atoms with Crippen LogP contribution in [-0.2, 0) is 12.4 Å². The summed E-state index contributed by atoms with van der Waals surface area (Å²) in [4.78, 5) is 13.4. The van der Waals surface area contributed by atoms with Crippen LogP contribution in [-0.4, -0.2) is 25.9 Å². The summed E-state index contributed by atoms with van der Waals surface area (Å²) in [5.74, 6) is -1.83. The molecule has 0 radical (unpaired) electrons. The van der Waals surface area contributed by atoms with E-state index >= 15 is 0 Å². The van der Waals surface area contributed by atoms with Crippen molar-refractivity contribution < 1.29 is 40.3 Å². The molecule has 12 heteroatoms. The van der Waals surface area contributed by atoms with Gasteiger partial charge in [0.05, 0.1) is 11.1 Å². The van der Waals surface area contributed by atoms with Gasteiger partial charge in [-0.2, -0.15) is 26.3 Å².